The topological polar surface area (TPSA) is 0 Å². The van der Waals surface area contributed by atoms with E-state index in [9.17, 15) is 101 Å². The van der Waals surface area contributed by atoms with Gasteiger partial charge in [0, 0.05) is 10.8 Å². The van der Waals surface area contributed by atoms with Crippen LogP contribution in [-0.2, 0) is 5.75 Å². The van der Waals surface area contributed by atoms with Crippen molar-refractivity contribution in [2.75, 3.05) is 0 Å². The average Bonchev–Trinajstić information content (AvgIpc) is 3.24. The van der Waals surface area contributed by atoms with Gasteiger partial charge in [-0.3, -0.25) is 0 Å². The van der Waals surface area contributed by atoms with Crippen molar-refractivity contribution in [3.05, 3.63) is 48.5 Å². The molecule has 0 atom stereocenters. The highest BCUT2D eigenvalue weighted by Gasteiger charge is 2.99. The van der Waals surface area contributed by atoms with Crippen molar-refractivity contribution in [1.29, 1.82) is 0 Å². The highest BCUT2D eigenvalue weighted by molar-refractivity contribution is 7.42. The predicted octanol–water partition coefficient (Wildman–Crippen LogP) is 11.7. The summed E-state index contributed by atoms with van der Waals surface area (Å²) in [6.45, 7) is 0. The fraction of sp³-hybridized carbons (Fsp3) is 0.500. The standard InChI is InChI=1S/C24H10F23S/c25-14(26,9-48-12-7-3-1-5-10(12)11-6-2-4-8-13(11)48)15(27,28)16(29,30)17(31,32)18(33,34)19(35,36)20(37,38)21(39,40)22(41,42)23(43,44)24(45,46)47/h1-8H,9H2/q+1. The Morgan fingerprint density at radius 2 is 0.583 bits per heavy atom. The van der Waals surface area contributed by atoms with E-state index in [4.69, 9.17) is 0 Å². The number of hydrogen-bond donors (Lipinski definition) is 0. The molecular formula is C24H10F23S+. The third-order valence-corrected chi connectivity index (χ3v) is 9.32. The van der Waals surface area contributed by atoms with Gasteiger partial charge >= 0.3 is 65.4 Å². The maximum atomic E-state index is 14.8. The maximum absolute atomic E-state index is 14.8. The molecule has 0 aliphatic carbocycles. The molecule has 0 aliphatic heterocycles. The summed E-state index contributed by atoms with van der Waals surface area (Å²) in [7, 11) is -2.55. The summed E-state index contributed by atoms with van der Waals surface area (Å²) in [4.78, 5) is 0. The van der Waals surface area contributed by atoms with Crippen molar-refractivity contribution < 1.29 is 101 Å². The van der Waals surface area contributed by atoms with Crippen LogP contribution in [0.25, 0.3) is 20.2 Å². The molecule has 2 aromatic carbocycles. The zero-order valence-corrected chi connectivity index (χ0v) is 22.7. The number of fused-ring (bicyclic) bond motifs is 3. The van der Waals surface area contributed by atoms with Crippen molar-refractivity contribution in [1.82, 2.24) is 0 Å². The molecule has 0 nitrogen and oxygen atoms in total. The van der Waals surface area contributed by atoms with Crippen molar-refractivity contribution in [3.63, 3.8) is 0 Å². The SMILES string of the molecule is FC(F)(F)C(F)(F)C(F)(F)C(F)(F)C(F)(F)C(F)(F)C(F)(F)C(F)(F)C(F)(F)C(F)(F)C(F)(F)C[s+]1c2ccccc2c2ccccc21. The molecule has 0 radical (unpaired) electrons. The molecule has 0 saturated carbocycles. The van der Waals surface area contributed by atoms with Crippen LogP contribution in [0.1, 0.15) is 0 Å². The minimum atomic E-state index is -9.40. The lowest BCUT2D eigenvalue weighted by molar-refractivity contribution is -0.478. The Morgan fingerprint density at radius 3 is 0.875 bits per heavy atom. The third kappa shape index (κ3) is 4.79. The second-order valence-corrected chi connectivity index (χ2v) is 11.8. The molecule has 48 heavy (non-hydrogen) atoms. The Labute approximate surface area is 252 Å². The lowest BCUT2D eigenvalue weighted by Gasteiger charge is -2.45. The van der Waals surface area contributed by atoms with Gasteiger partial charge in [0.05, 0.1) is 0 Å². The van der Waals surface area contributed by atoms with Gasteiger partial charge in [-0.05, 0) is 34.7 Å². The first-order valence-electron chi connectivity index (χ1n) is 11.8. The van der Waals surface area contributed by atoms with Crippen molar-refractivity contribution in [2.24, 2.45) is 0 Å². The van der Waals surface area contributed by atoms with Crippen molar-refractivity contribution in [2.45, 2.75) is 71.2 Å². The highest BCUT2D eigenvalue weighted by Crippen LogP contribution is 2.67. The Morgan fingerprint density at radius 1 is 0.333 bits per heavy atom. The van der Waals surface area contributed by atoms with Crippen LogP contribution in [0.15, 0.2) is 48.5 Å². The molecule has 0 unspecified atom stereocenters. The Bertz CT molecular complexity index is 1610. The third-order valence-electron chi connectivity index (χ3n) is 6.89. The van der Waals surface area contributed by atoms with E-state index in [2.05, 4.69) is 0 Å². The summed E-state index contributed by atoms with van der Waals surface area (Å²) in [6.07, 6.45) is -8.10. The molecule has 1 heterocycles. The van der Waals surface area contributed by atoms with Crippen molar-refractivity contribution >= 4 is 30.6 Å². The molecule has 24 heteroatoms. The van der Waals surface area contributed by atoms with Gasteiger partial charge in [0.2, 0.25) is 0 Å². The number of thiophene rings is 1. The van der Waals surface area contributed by atoms with Gasteiger partial charge in [-0.25, -0.2) is 0 Å². The first kappa shape index (κ1) is 39.5. The van der Waals surface area contributed by atoms with Crippen LogP contribution in [0.5, 0.6) is 0 Å². The van der Waals surface area contributed by atoms with E-state index in [-0.39, 0.29) is 20.2 Å². The molecule has 3 rings (SSSR count). The molecule has 1 aromatic heterocycles. The minimum absolute atomic E-state index is 0.0325. The Balaban J connectivity index is 2.15. The zero-order valence-electron chi connectivity index (χ0n) is 21.9. The average molecular weight is 767 g/mol. The summed E-state index contributed by atoms with van der Waals surface area (Å²) >= 11 is 0. The number of halogens is 23. The van der Waals surface area contributed by atoms with Crippen LogP contribution in [0.3, 0.4) is 0 Å². The molecule has 272 valence electrons. The molecule has 0 amide bonds. The summed E-state index contributed by atoms with van der Waals surface area (Å²) in [5.74, 6) is -90.3. The summed E-state index contributed by atoms with van der Waals surface area (Å²) < 4.78 is 315. The normalized spacial score (nSPS) is 15.9. The van der Waals surface area contributed by atoms with Gasteiger partial charge in [-0.2, -0.15) is 101 Å². The van der Waals surface area contributed by atoms with Gasteiger partial charge in [0.25, 0.3) is 0 Å². The maximum Gasteiger partial charge on any atom is 0.460 e. The molecule has 0 spiro atoms. The highest BCUT2D eigenvalue weighted by atomic mass is 32.2. The van der Waals surface area contributed by atoms with Gasteiger partial charge < -0.3 is 0 Å². The van der Waals surface area contributed by atoms with Crippen LogP contribution < -0.4 is 0 Å². The fourth-order valence-electron chi connectivity index (χ4n) is 4.14. The van der Waals surface area contributed by atoms with E-state index in [1.807, 2.05) is 0 Å². The van der Waals surface area contributed by atoms with Gasteiger partial charge in [0.15, 0.2) is 15.2 Å². The van der Waals surface area contributed by atoms with Gasteiger partial charge in [0.1, 0.15) is 0 Å². The van der Waals surface area contributed by atoms with Crippen LogP contribution in [-0.4, -0.2) is 65.4 Å². The number of benzene rings is 2. The van der Waals surface area contributed by atoms with Crippen LogP contribution in [0.2, 0.25) is 0 Å². The van der Waals surface area contributed by atoms with E-state index in [1.54, 1.807) is 0 Å². The van der Waals surface area contributed by atoms with E-state index in [0.717, 1.165) is 36.4 Å². The smallest absolute Gasteiger partial charge is 0.194 e. The Kier molecular flexibility index (Phi) is 8.86. The number of alkyl halides is 23. The summed E-state index contributed by atoms with van der Waals surface area (Å²) in [6, 6.07) is 8.78. The molecule has 0 bridgehead atoms. The first-order chi connectivity index (χ1) is 21.1. The van der Waals surface area contributed by atoms with Crippen molar-refractivity contribution in [3.8, 4) is 0 Å². The van der Waals surface area contributed by atoms with Crippen LogP contribution in [0, 0.1) is 0 Å². The molecule has 0 fully saturated rings. The Hall–Kier alpha value is -2.95. The lowest BCUT2D eigenvalue weighted by atomic mass is 9.85. The first-order valence-corrected chi connectivity index (χ1v) is 13.2. The summed E-state index contributed by atoms with van der Waals surface area (Å²) in [5.41, 5.74) is 0. The summed E-state index contributed by atoms with van der Waals surface area (Å²) in [5, 5.41) is -0.0650. The molecule has 0 aliphatic rings. The second kappa shape index (κ2) is 10.8. The zero-order chi connectivity index (χ0) is 37.8. The van der Waals surface area contributed by atoms with E-state index in [0.29, 0.717) is 0 Å². The second-order valence-electron chi connectivity index (χ2n) is 9.90. The van der Waals surface area contributed by atoms with Gasteiger partial charge in [-0.1, -0.05) is 24.3 Å². The van der Waals surface area contributed by atoms with Crippen LogP contribution in [0.4, 0.5) is 101 Å². The lowest BCUT2D eigenvalue weighted by Crippen LogP contribution is -2.77. The molecular weight excluding hydrogens is 757 g/mol. The predicted molar refractivity (Wildman–Crippen MR) is 119 cm³/mol. The van der Waals surface area contributed by atoms with E-state index >= 15 is 0 Å². The number of hydrogen-bond acceptors (Lipinski definition) is 0. The molecule has 3 aromatic rings. The molecule has 0 N–H and O–H groups in total. The van der Waals surface area contributed by atoms with E-state index in [1.165, 1.54) is 12.1 Å². The van der Waals surface area contributed by atoms with Crippen LogP contribution >= 0.6 is 10.5 Å². The van der Waals surface area contributed by atoms with Gasteiger partial charge in [-0.15, -0.1) is 0 Å². The quantitative estimate of drug-likeness (QED) is 0.135. The largest absolute Gasteiger partial charge is 0.460 e. The fourth-order valence-corrected chi connectivity index (χ4v) is 6.61. The molecule has 0 saturated heterocycles. The number of rotatable bonds is 11. The minimum Gasteiger partial charge on any atom is -0.194 e. The van der Waals surface area contributed by atoms with E-state index < -0.39 is 81.6 Å². The monoisotopic (exact) mass is 767 g/mol.